The summed E-state index contributed by atoms with van der Waals surface area (Å²) in [5.74, 6) is 3.49. The normalized spacial score (nSPS) is 17.4. The second kappa shape index (κ2) is 10.3. The zero-order chi connectivity index (χ0) is 26.0. The summed E-state index contributed by atoms with van der Waals surface area (Å²) in [4.78, 5) is 5.20. The maximum atomic E-state index is 13.3. The van der Waals surface area contributed by atoms with Crippen LogP contribution in [0.1, 0.15) is 5.56 Å². The number of pyridine rings is 2. The van der Waals surface area contributed by atoms with E-state index in [2.05, 4.69) is 32.0 Å². The Kier molecular flexibility index (Phi) is 6.95. The first kappa shape index (κ1) is 24.9. The maximum absolute atomic E-state index is 13.3. The summed E-state index contributed by atoms with van der Waals surface area (Å²) in [6, 6.07) is 11.7. The molecule has 37 heavy (non-hydrogen) atoms. The molecular weight excluding hydrogens is 506 g/mol. The van der Waals surface area contributed by atoms with Gasteiger partial charge in [0.25, 0.3) is 0 Å². The number of fused-ring (bicyclic) bond motifs is 1. The molecule has 2 atom stereocenters. The molecule has 0 radical (unpaired) electrons. The number of rotatable bonds is 5. The largest absolute Gasteiger partial charge is 0.480 e. The Morgan fingerprint density at radius 2 is 1.92 bits per heavy atom. The molecule has 0 spiro atoms. The first-order valence-corrected chi connectivity index (χ1v) is 12.1. The van der Waals surface area contributed by atoms with Crippen molar-refractivity contribution in [3.8, 4) is 28.8 Å². The molecule has 0 aliphatic carbocycles. The van der Waals surface area contributed by atoms with Crippen molar-refractivity contribution in [2.75, 3.05) is 24.9 Å². The number of alkyl halides is 3. The van der Waals surface area contributed by atoms with Gasteiger partial charge < -0.3 is 14.8 Å². The fraction of sp³-hybridized carbons (Fsp3) is 0.231. The van der Waals surface area contributed by atoms with Crippen LogP contribution < -0.4 is 14.8 Å². The number of halogens is 4. The summed E-state index contributed by atoms with van der Waals surface area (Å²) in [6.07, 6.45) is 0.684. The van der Waals surface area contributed by atoms with Gasteiger partial charge in [0.1, 0.15) is 11.5 Å². The van der Waals surface area contributed by atoms with Gasteiger partial charge in [0.2, 0.25) is 5.88 Å². The zero-order valence-corrected chi connectivity index (χ0v) is 20.3. The Morgan fingerprint density at radius 1 is 1.11 bits per heavy atom. The molecule has 1 aliphatic rings. The summed E-state index contributed by atoms with van der Waals surface area (Å²) >= 11 is 1.29. The number of methoxy groups -OCH3 is 1. The topological polar surface area (TPSA) is 63.5 Å². The van der Waals surface area contributed by atoms with Gasteiger partial charge in [-0.2, -0.15) is 18.3 Å². The van der Waals surface area contributed by atoms with E-state index in [0.717, 1.165) is 16.0 Å². The molecule has 4 aromatic rings. The molecule has 3 aromatic heterocycles. The smallest absolute Gasteiger partial charge is 0.394 e. The molecule has 4 heterocycles. The third-order valence-electron chi connectivity index (χ3n) is 6.02. The van der Waals surface area contributed by atoms with E-state index in [4.69, 9.17) is 4.74 Å². The lowest BCUT2D eigenvalue weighted by atomic mass is 9.96. The van der Waals surface area contributed by atoms with E-state index in [1.807, 2.05) is 18.2 Å². The van der Waals surface area contributed by atoms with Crippen molar-refractivity contribution in [1.29, 1.82) is 0 Å². The second-order valence-electron chi connectivity index (χ2n) is 8.42. The van der Waals surface area contributed by atoms with Crippen molar-refractivity contribution in [2.45, 2.75) is 11.1 Å². The van der Waals surface area contributed by atoms with E-state index in [9.17, 15) is 17.6 Å². The number of benzene rings is 1. The second-order valence-corrected chi connectivity index (χ2v) is 9.30. The quantitative estimate of drug-likeness (QED) is 0.206. The Bertz CT molecular complexity index is 1480. The third kappa shape index (κ3) is 5.50. The maximum Gasteiger partial charge on any atom is 0.394 e. The van der Waals surface area contributed by atoms with Crippen LogP contribution in [0.3, 0.4) is 0 Å². The van der Waals surface area contributed by atoms with Crippen LogP contribution in [-0.4, -0.2) is 41.0 Å². The fourth-order valence-electron chi connectivity index (χ4n) is 4.06. The number of aromatic nitrogens is 3. The lowest BCUT2D eigenvalue weighted by Gasteiger charge is -2.16. The van der Waals surface area contributed by atoms with Gasteiger partial charge in [-0.05, 0) is 60.0 Å². The molecule has 190 valence electrons. The highest BCUT2D eigenvalue weighted by Crippen LogP contribution is 2.35. The Morgan fingerprint density at radius 3 is 2.68 bits per heavy atom. The average molecular weight is 528 g/mol. The van der Waals surface area contributed by atoms with Crippen molar-refractivity contribution in [1.82, 2.24) is 19.9 Å². The summed E-state index contributed by atoms with van der Waals surface area (Å²) in [5, 5.41) is 7.06. The highest BCUT2D eigenvalue weighted by Gasteiger charge is 2.46. The minimum Gasteiger partial charge on any atom is -0.480 e. The number of hydrogen-bond acceptors (Lipinski definition) is 6. The van der Waals surface area contributed by atoms with Crippen molar-refractivity contribution in [2.24, 2.45) is 11.8 Å². The predicted octanol–water partition coefficient (Wildman–Crippen LogP) is 5.41. The van der Waals surface area contributed by atoms with Gasteiger partial charge in [-0.25, -0.2) is 13.9 Å². The first-order chi connectivity index (χ1) is 17.8. The molecule has 2 N–H and O–H groups in total. The van der Waals surface area contributed by atoms with E-state index in [0.29, 0.717) is 22.6 Å². The van der Waals surface area contributed by atoms with E-state index in [1.54, 1.807) is 35.2 Å². The molecule has 6 nitrogen and oxygen atoms in total. The lowest BCUT2D eigenvalue weighted by Crippen LogP contribution is -2.29. The summed E-state index contributed by atoms with van der Waals surface area (Å²) < 4.78 is 63.2. The first-order valence-electron chi connectivity index (χ1n) is 11.3. The number of ether oxygens (including phenoxy) is 1. The molecule has 2 unspecified atom stereocenters. The molecule has 1 fully saturated rings. The molecule has 0 bridgehead atoms. The van der Waals surface area contributed by atoms with E-state index < -0.39 is 18.0 Å². The number of nitrogens with one attached hydrogen (secondary N) is 2. The van der Waals surface area contributed by atoms with E-state index in [-0.39, 0.29) is 18.9 Å². The molecule has 0 saturated carbocycles. The Balaban J connectivity index is 1.42. The summed E-state index contributed by atoms with van der Waals surface area (Å²) in [7, 11) is 1.52. The van der Waals surface area contributed by atoms with Crippen molar-refractivity contribution >= 4 is 23.2 Å². The van der Waals surface area contributed by atoms with Gasteiger partial charge in [0, 0.05) is 41.9 Å². The van der Waals surface area contributed by atoms with Gasteiger partial charge >= 0.3 is 6.18 Å². The van der Waals surface area contributed by atoms with Gasteiger partial charge in [0.15, 0.2) is 0 Å². The summed E-state index contributed by atoms with van der Waals surface area (Å²) in [6.45, 7) is 0.0763. The predicted molar refractivity (Wildman–Crippen MR) is 134 cm³/mol. The number of anilines is 1. The molecule has 11 heteroatoms. The molecule has 5 rings (SSSR count). The minimum atomic E-state index is -4.29. The molecular formula is C26H21F4N5OS. The van der Waals surface area contributed by atoms with E-state index in [1.165, 1.54) is 31.2 Å². The molecule has 1 aromatic carbocycles. The van der Waals surface area contributed by atoms with Crippen molar-refractivity contribution in [3.05, 3.63) is 72.4 Å². The van der Waals surface area contributed by atoms with Crippen molar-refractivity contribution in [3.63, 3.8) is 0 Å². The highest BCUT2D eigenvalue weighted by molar-refractivity contribution is 8.00. The minimum absolute atomic E-state index is 0.123. The van der Waals surface area contributed by atoms with Crippen LogP contribution >= 0.6 is 11.9 Å². The highest BCUT2D eigenvalue weighted by atomic mass is 32.2. The van der Waals surface area contributed by atoms with Crippen LogP contribution in [0.25, 0.3) is 16.6 Å². The Labute approximate surface area is 214 Å². The van der Waals surface area contributed by atoms with Crippen LogP contribution in [0, 0.1) is 29.5 Å². The van der Waals surface area contributed by atoms with Gasteiger partial charge in [-0.3, -0.25) is 0 Å². The number of hydrogen-bond donors (Lipinski definition) is 2. The molecule has 0 amide bonds. The van der Waals surface area contributed by atoms with Crippen LogP contribution in [0.5, 0.6) is 5.88 Å². The van der Waals surface area contributed by atoms with Crippen LogP contribution in [0.15, 0.2) is 66.0 Å². The van der Waals surface area contributed by atoms with Gasteiger partial charge in [-0.15, -0.1) is 0 Å². The monoisotopic (exact) mass is 527 g/mol. The molecule has 1 aliphatic heterocycles. The third-order valence-corrected chi connectivity index (χ3v) is 6.85. The van der Waals surface area contributed by atoms with Crippen molar-refractivity contribution < 1.29 is 22.3 Å². The van der Waals surface area contributed by atoms with Crippen LogP contribution in [0.2, 0.25) is 0 Å². The standard InChI is InChI=1S/C26H21F4N5OS/c1-36-25-23(34-37-21-6-4-20(27)5-7-21)10-19(13-32-25)16-8-9-35-24(11-16)18(14-33-35)3-2-17-12-31-15-22(17)26(28,29)30/h4-11,13-14,17,22,31,34H,12,15H2,1H3. The van der Waals surface area contributed by atoms with Gasteiger partial charge in [-0.1, -0.05) is 11.8 Å². The van der Waals surface area contributed by atoms with E-state index >= 15 is 0 Å². The van der Waals surface area contributed by atoms with Crippen LogP contribution in [-0.2, 0) is 0 Å². The zero-order valence-electron chi connectivity index (χ0n) is 19.5. The lowest BCUT2D eigenvalue weighted by molar-refractivity contribution is -0.174. The fourth-order valence-corrected chi connectivity index (χ4v) is 4.71. The Hall–Kier alpha value is -3.75. The number of nitrogens with zero attached hydrogens (tertiary/aromatic N) is 3. The van der Waals surface area contributed by atoms with Crippen LogP contribution in [0.4, 0.5) is 23.2 Å². The van der Waals surface area contributed by atoms with Gasteiger partial charge in [0.05, 0.1) is 30.3 Å². The SMILES string of the molecule is COc1ncc(-c2ccn3ncc(C#CC4CNCC4C(F)(F)F)c3c2)cc1NSc1ccc(F)cc1. The molecule has 1 saturated heterocycles. The average Bonchev–Trinajstić information content (AvgIpc) is 3.53. The summed E-state index contributed by atoms with van der Waals surface area (Å²) in [5.41, 5.74) is 3.43.